The fourth-order valence-corrected chi connectivity index (χ4v) is 1.45. The highest BCUT2D eigenvalue weighted by molar-refractivity contribution is 5.40. The number of hydrogen-bond donors (Lipinski definition) is 1. The number of hydrogen-bond acceptors (Lipinski definition) is 4. The number of nitrogens with two attached hydrogens (primary N) is 1. The van der Waals surface area contributed by atoms with Crippen LogP contribution in [0.25, 0.3) is 0 Å². The van der Waals surface area contributed by atoms with Gasteiger partial charge in [-0.1, -0.05) is 6.92 Å². The van der Waals surface area contributed by atoms with E-state index in [4.69, 9.17) is 10.5 Å². The minimum atomic E-state index is 0.0950. The van der Waals surface area contributed by atoms with Gasteiger partial charge in [-0.2, -0.15) is 0 Å². The summed E-state index contributed by atoms with van der Waals surface area (Å²) in [6.07, 6.45) is 2.74. The Balaban J connectivity index is 2.73. The molecular weight excluding hydrogens is 202 g/mol. The van der Waals surface area contributed by atoms with Crippen molar-refractivity contribution in [3.8, 4) is 0 Å². The van der Waals surface area contributed by atoms with Crippen molar-refractivity contribution in [1.29, 1.82) is 0 Å². The van der Waals surface area contributed by atoms with Gasteiger partial charge in [0.05, 0.1) is 6.61 Å². The van der Waals surface area contributed by atoms with Gasteiger partial charge in [0.15, 0.2) is 0 Å². The zero-order valence-corrected chi connectivity index (χ0v) is 10.3. The van der Waals surface area contributed by atoms with Crippen molar-refractivity contribution in [2.45, 2.75) is 19.4 Å². The second-order valence-corrected chi connectivity index (χ2v) is 3.88. The first-order valence-electron chi connectivity index (χ1n) is 5.60. The maximum atomic E-state index is 5.99. The minimum absolute atomic E-state index is 0.0950. The summed E-state index contributed by atoms with van der Waals surface area (Å²) in [7, 11) is 3.70. The van der Waals surface area contributed by atoms with Gasteiger partial charge in [0.1, 0.15) is 5.82 Å². The molecule has 0 aliphatic carbocycles. The molecule has 1 aromatic rings. The largest absolute Gasteiger partial charge is 0.383 e. The van der Waals surface area contributed by atoms with Gasteiger partial charge in [-0.25, -0.2) is 4.98 Å². The van der Waals surface area contributed by atoms with E-state index in [2.05, 4.69) is 16.8 Å². The Morgan fingerprint density at radius 3 is 2.94 bits per heavy atom. The predicted molar refractivity (Wildman–Crippen MR) is 66.6 cm³/mol. The van der Waals surface area contributed by atoms with E-state index in [9.17, 15) is 0 Å². The van der Waals surface area contributed by atoms with Gasteiger partial charge in [-0.05, 0) is 24.1 Å². The SMILES string of the molecule is CC[C@H](N)c1ccnc(N(C)CCOC)c1. The van der Waals surface area contributed by atoms with Crippen LogP contribution in [-0.4, -0.2) is 32.3 Å². The maximum Gasteiger partial charge on any atom is 0.128 e. The van der Waals surface area contributed by atoms with Gasteiger partial charge in [0.2, 0.25) is 0 Å². The maximum absolute atomic E-state index is 5.99. The van der Waals surface area contributed by atoms with E-state index in [1.807, 2.05) is 25.4 Å². The van der Waals surface area contributed by atoms with Crippen molar-refractivity contribution < 1.29 is 4.74 Å². The summed E-state index contributed by atoms with van der Waals surface area (Å²) in [6.45, 7) is 3.61. The summed E-state index contributed by atoms with van der Waals surface area (Å²) >= 11 is 0. The molecule has 0 aromatic carbocycles. The molecule has 90 valence electrons. The second kappa shape index (κ2) is 6.45. The highest BCUT2D eigenvalue weighted by Gasteiger charge is 2.07. The van der Waals surface area contributed by atoms with Gasteiger partial charge < -0.3 is 15.4 Å². The van der Waals surface area contributed by atoms with Crippen LogP contribution in [0, 0.1) is 0 Å². The van der Waals surface area contributed by atoms with E-state index in [1.54, 1.807) is 7.11 Å². The number of methoxy groups -OCH3 is 1. The van der Waals surface area contributed by atoms with E-state index in [-0.39, 0.29) is 6.04 Å². The molecule has 0 bridgehead atoms. The molecule has 0 unspecified atom stereocenters. The van der Waals surface area contributed by atoms with E-state index in [0.717, 1.165) is 24.3 Å². The molecule has 0 saturated carbocycles. The first kappa shape index (κ1) is 12.9. The van der Waals surface area contributed by atoms with Crippen LogP contribution in [0.5, 0.6) is 0 Å². The molecule has 0 spiro atoms. The van der Waals surface area contributed by atoms with Crippen LogP contribution in [0.1, 0.15) is 24.9 Å². The standard InChI is InChI=1S/C12H21N3O/c1-4-11(13)10-5-6-14-12(9-10)15(2)7-8-16-3/h5-6,9,11H,4,7-8,13H2,1-3H3/t11-/m0/s1. The van der Waals surface area contributed by atoms with Crippen LogP contribution in [-0.2, 0) is 4.74 Å². The molecule has 1 atom stereocenters. The predicted octanol–water partition coefficient (Wildman–Crippen LogP) is 1.57. The Hall–Kier alpha value is -1.13. The first-order valence-corrected chi connectivity index (χ1v) is 5.60. The zero-order valence-electron chi connectivity index (χ0n) is 10.3. The summed E-state index contributed by atoms with van der Waals surface area (Å²) in [5.41, 5.74) is 7.13. The highest BCUT2D eigenvalue weighted by Crippen LogP contribution is 2.17. The van der Waals surface area contributed by atoms with Crippen LogP contribution < -0.4 is 10.6 Å². The summed E-state index contributed by atoms with van der Waals surface area (Å²) in [4.78, 5) is 6.39. The molecule has 0 amide bonds. The summed E-state index contributed by atoms with van der Waals surface area (Å²) < 4.78 is 5.04. The van der Waals surface area contributed by atoms with Crippen molar-refractivity contribution >= 4 is 5.82 Å². The third-order valence-corrected chi connectivity index (χ3v) is 2.66. The van der Waals surface area contributed by atoms with Crippen molar-refractivity contribution in [3.05, 3.63) is 23.9 Å². The fraction of sp³-hybridized carbons (Fsp3) is 0.583. The monoisotopic (exact) mass is 223 g/mol. The zero-order chi connectivity index (χ0) is 12.0. The van der Waals surface area contributed by atoms with Crippen molar-refractivity contribution in [1.82, 2.24) is 4.98 Å². The molecule has 1 heterocycles. The lowest BCUT2D eigenvalue weighted by Gasteiger charge is -2.19. The van der Waals surface area contributed by atoms with Crippen LogP contribution in [0.2, 0.25) is 0 Å². The Kier molecular flexibility index (Phi) is 5.22. The number of pyridine rings is 1. The third-order valence-electron chi connectivity index (χ3n) is 2.66. The van der Waals surface area contributed by atoms with Crippen molar-refractivity contribution in [2.75, 3.05) is 32.2 Å². The number of aromatic nitrogens is 1. The normalized spacial score (nSPS) is 12.5. The topological polar surface area (TPSA) is 51.4 Å². The van der Waals surface area contributed by atoms with Crippen molar-refractivity contribution in [2.24, 2.45) is 5.73 Å². The summed E-state index contributed by atoms with van der Waals surface area (Å²) in [5.74, 6) is 0.943. The highest BCUT2D eigenvalue weighted by atomic mass is 16.5. The van der Waals surface area contributed by atoms with Crippen LogP contribution in [0.15, 0.2) is 18.3 Å². The van der Waals surface area contributed by atoms with Gasteiger partial charge in [0.25, 0.3) is 0 Å². The molecule has 0 fully saturated rings. The fourth-order valence-electron chi connectivity index (χ4n) is 1.45. The number of likely N-dealkylation sites (N-methyl/N-ethyl adjacent to an activating group) is 1. The minimum Gasteiger partial charge on any atom is -0.383 e. The van der Waals surface area contributed by atoms with E-state index >= 15 is 0 Å². The van der Waals surface area contributed by atoms with Gasteiger partial charge in [-0.15, -0.1) is 0 Å². The van der Waals surface area contributed by atoms with E-state index in [1.165, 1.54) is 0 Å². The molecule has 4 nitrogen and oxygen atoms in total. The first-order chi connectivity index (χ1) is 7.69. The molecule has 0 aliphatic rings. The lowest BCUT2D eigenvalue weighted by Crippen LogP contribution is -2.23. The Labute approximate surface area is 97.4 Å². The van der Waals surface area contributed by atoms with Crippen LogP contribution in [0.3, 0.4) is 0 Å². The molecule has 1 rings (SSSR count). The van der Waals surface area contributed by atoms with Crippen LogP contribution >= 0.6 is 0 Å². The number of ether oxygens (including phenoxy) is 1. The van der Waals surface area contributed by atoms with Gasteiger partial charge in [0, 0.05) is 32.9 Å². The number of anilines is 1. The quantitative estimate of drug-likeness (QED) is 0.795. The number of nitrogens with zero attached hydrogens (tertiary/aromatic N) is 2. The van der Waals surface area contributed by atoms with E-state index < -0.39 is 0 Å². The van der Waals surface area contributed by atoms with Crippen LogP contribution in [0.4, 0.5) is 5.82 Å². The van der Waals surface area contributed by atoms with E-state index in [0.29, 0.717) is 6.61 Å². The average molecular weight is 223 g/mol. The second-order valence-electron chi connectivity index (χ2n) is 3.88. The van der Waals surface area contributed by atoms with Gasteiger partial charge in [-0.3, -0.25) is 0 Å². The van der Waals surface area contributed by atoms with Crippen molar-refractivity contribution in [3.63, 3.8) is 0 Å². The molecule has 0 radical (unpaired) electrons. The summed E-state index contributed by atoms with van der Waals surface area (Å²) in [6, 6.07) is 4.11. The smallest absolute Gasteiger partial charge is 0.128 e. The lowest BCUT2D eigenvalue weighted by molar-refractivity contribution is 0.206. The average Bonchev–Trinajstić information content (AvgIpc) is 2.35. The molecular formula is C12H21N3O. The molecule has 0 saturated heterocycles. The molecule has 1 aromatic heterocycles. The van der Waals surface area contributed by atoms with Gasteiger partial charge >= 0.3 is 0 Å². The summed E-state index contributed by atoms with van der Waals surface area (Å²) in [5, 5.41) is 0. The molecule has 16 heavy (non-hydrogen) atoms. The Morgan fingerprint density at radius 2 is 2.31 bits per heavy atom. The Morgan fingerprint density at radius 1 is 1.56 bits per heavy atom. The number of rotatable bonds is 6. The molecule has 2 N–H and O–H groups in total. The lowest BCUT2D eigenvalue weighted by atomic mass is 10.1. The Bertz CT molecular complexity index is 317. The molecule has 0 aliphatic heterocycles. The third kappa shape index (κ3) is 3.47. The molecule has 4 heteroatoms.